The number of allylic oxidation sites excluding steroid dienone is 12. The van der Waals surface area contributed by atoms with Crippen molar-refractivity contribution in [3.63, 3.8) is 0 Å². The number of hydrogen-bond acceptors (Lipinski definition) is 6. The summed E-state index contributed by atoms with van der Waals surface area (Å²) in [6, 6.07) is 0. The van der Waals surface area contributed by atoms with E-state index in [0.29, 0.717) is 19.3 Å². The molecule has 0 spiro atoms. The number of esters is 3. The highest BCUT2D eigenvalue weighted by atomic mass is 16.6. The quantitative estimate of drug-likeness (QED) is 0.0261. The maximum absolute atomic E-state index is 12.9. The molecule has 0 aliphatic rings. The Hall–Kier alpha value is -3.15. The molecule has 0 aliphatic heterocycles. The van der Waals surface area contributed by atoms with E-state index in [1.807, 2.05) is 0 Å². The van der Waals surface area contributed by atoms with Crippen LogP contribution >= 0.6 is 0 Å². The summed E-state index contributed by atoms with van der Waals surface area (Å²) in [4.78, 5) is 38.1. The molecule has 404 valence electrons. The summed E-state index contributed by atoms with van der Waals surface area (Å²) in [5.74, 6) is -0.894. The Morgan fingerprint density at radius 2 is 0.514 bits per heavy atom. The Morgan fingerprint density at radius 3 is 0.829 bits per heavy atom. The standard InChI is InChI=1S/C64H112O6/c1-4-7-10-13-16-19-22-24-26-28-30-31-32-33-35-36-38-40-42-45-48-51-54-57-63(66)69-60-61(59-68-62(65)56-53-50-47-44-21-18-15-12-9-6-3)70-64(67)58-55-52-49-46-43-41-39-37-34-29-27-25-23-20-17-14-11-8-5-2/h17,20,22,24-25,27-28,30,32-34,37,61H,4-16,18-19,21,23,26,29,31,35-36,38-60H2,1-3H3/b20-17-,24-22-,27-25-,30-28-,33-32-,37-34-. The molecule has 0 radical (unpaired) electrons. The summed E-state index contributed by atoms with van der Waals surface area (Å²) < 4.78 is 16.9. The van der Waals surface area contributed by atoms with Crippen LogP contribution in [-0.2, 0) is 28.6 Å². The average Bonchev–Trinajstić information content (AvgIpc) is 3.36. The lowest BCUT2D eigenvalue weighted by atomic mass is 10.1. The Morgan fingerprint density at radius 1 is 0.286 bits per heavy atom. The van der Waals surface area contributed by atoms with Crippen molar-refractivity contribution < 1.29 is 28.6 Å². The first kappa shape index (κ1) is 66.9. The van der Waals surface area contributed by atoms with Gasteiger partial charge in [-0.15, -0.1) is 0 Å². The number of carbonyl (C=O) groups excluding carboxylic acids is 3. The maximum atomic E-state index is 12.9. The van der Waals surface area contributed by atoms with Gasteiger partial charge in [-0.25, -0.2) is 0 Å². The van der Waals surface area contributed by atoms with Crippen LogP contribution in [0.2, 0.25) is 0 Å². The SMILES string of the molecule is CCCCC/C=C\C/C=C\C/C=C\CCCCCCCCC(=O)OC(COC(=O)CCCCCCCCCC/C=C\C/C=C\C/C=C\CCCCCCC)COC(=O)CCCCCCCCCCCC. The zero-order chi connectivity index (χ0) is 50.7. The molecular weight excluding hydrogens is 865 g/mol. The van der Waals surface area contributed by atoms with E-state index in [9.17, 15) is 14.4 Å². The van der Waals surface area contributed by atoms with Gasteiger partial charge in [-0.1, -0.05) is 254 Å². The van der Waals surface area contributed by atoms with Crippen LogP contribution in [0.5, 0.6) is 0 Å². The summed E-state index contributed by atoms with van der Waals surface area (Å²) in [6.07, 6.45) is 74.7. The predicted molar refractivity (Wildman–Crippen MR) is 302 cm³/mol. The van der Waals surface area contributed by atoms with E-state index in [4.69, 9.17) is 14.2 Å². The van der Waals surface area contributed by atoms with Gasteiger partial charge in [0.25, 0.3) is 0 Å². The minimum atomic E-state index is -0.784. The lowest BCUT2D eigenvalue weighted by molar-refractivity contribution is -0.167. The van der Waals surface area contributed by atoms with E-state index in [1.165, 1.54) is 154 Å². The van der Waals surface area contributed by atoms with Crippen molar-refractivity contribution in [2.45, 2.75) is 303 Å². The maximum Gasteiger partial charge on any atom is 0.306 e. The minimum absolute atomic E-state index is 0.0814. The van der Waals surface area contributed by atoms with Gasteiger partial charge in [0.2, 0.25) is 0 Å². The number of hydrogen-bond donors (Lipinski definition) is 0. The predicted octanol–water partition coefficient (Wildman–Crippen LogP) is 20.2. The summed E-state index contributed by atoms with van der Waals surface area (Å²) >= 11 is 0. The smallest absolute Gasteiger partial charge is 0.306 e. The third-order valence-corrected chi connectivity index (χ3v) is 12.9. The Bertz CT molecular complexity index is 1310. The third kappa shape index (κ3) is 55.8. The molecule has 6 heteroatoms. The molecule has 0 saturated heterocycles. The van der Waals surface area contributed by atoms with Crippen molar-refractivity contribution in [1.82, 2.24) is 0 Å². The van der Waals surface area contributed by atoms with Gasteiger partial charge in [-0.2, -0.15) is 0 Å². The molecular formula is C64H112O6. The highest BCUT2D eigenvalue weighted by Gasteiger charge is 2.19. The van der Waals surface area contributed by atoms with Crippen LogP contribution in [0.25, 0.3) is 0 Å². The monoisotopic (exact) mass is 977 g/mol. The topological polar surface area (TPSA) is 78.9 Å². The van der Waals surface area contributed by atoms with Gasteiger partial charge in [-0.3, -0.25) is 14.4 Å². The molecule has 0 rings (SSSR count). The Labute approximate surface area is 433 Å². The fourth-order valence-corrected chi connectivity index (χ4v) is 8.40. The van der Waals surface area contributed by atoms with Gasteiger partial charge in [0.1, 0.15) is 13.2 Å². The van der Waals surface area contributed by atoms with Crippen molar-refractivity contribution in [2.75, 3.05) is 13.2 Å². The van der Waals surface area contributed by atoms with Crippen molar-refractivity contribution in [3.05, 3.63) is 72.9 Å². The molecule has 0 aromatic heterocycles. The average molecular weight is 978 g/mol. The number of rotatable bonds is 54. The van der Waals surface area contributed by atoms with Gasteiger partial charge in [0.15, 0.2) is 6.10 Å². The van der Waals surface area contributed by atoms with Crippen molar-refractivity contribution in [2.24, 2.45) is 0 Å². The summed E-state index contributed by atoms with van der Waals surface area (Å²) in [5, 5.41) is 0. The second kappa shape index (κ2) is 58.4. The Balaban J connectivity index is 4.32. The van der Waals surface area contributed by atoms with Crippen LogP contribution < -0.4 is 0 Å². The highest BCUT2D eigenvalue weighted by Crippen LogP contribution is 2.15. The molecule has 0 aromatic carbocycles. The molecule has 0 N–H and O–H groups in total. The van der Waals surface area contributed by atoms with Gasteiger partial charge >= 0.3 is 17.9 Å². The lowest BCUT2D eigenvalue weighted by Gasteiger charge is -2.18. The van der Waals surface area contributed by atoms with Gasteiger partial charge in [0.05, 0.1) is 0 Å². The van der Waals surface area contributed by atoms with E-state index in [-0.39, 0.29) is 31.1 Å². The highest BCUT2D eigenvalue weighted by molar-refractivity contribution is 5.71. The summed E-state index contributed by atoms with van der Waals surface area (Å²) in [6.45, 7) is 6.59. The van der Waals surface area contributed by atoms with Crippen LogP contribution in [0.3, 0.4) is 0 Å². The van der Waals surface area contributed by atoms with E-state index in [0.717, 1.165) is 103 Å². The number of ether oxygens (including phenoxy) is 3. The first-order chi connectivity index (χ1) is 34.5. The van der Waals surface area contributed by atoms with Crippen LogP contribution in [0.15, 0.2) is 72.9 Å². The van der Waals surface area contributed by atoms with Crippen molar-refractivity contribution >= 4 is 17.9 Å². The molecule has 0 fully saturated rings. The molecule has 0 amide bonds. The second-order valence-corrected chi connectivity index (χ2v) is 19.9. The number of unbranched alkanes of at least 4 members (excludes halogenated alkanes) is 31. The molecule has 70 heavy (non-hydrogen) atoms. The van der Waals surface area contributed by atoms with E-state index >= 15 is 0 Å². The molecule has 0 bridgehead atoms. The first-order valence-corrected chi connectivity index (χ1v) is 29.9. The molecule has 0 aliphatic carbocycles. The number of carbonyl (C=O) groups is 3. The zero-order valence-electron chi connectivity index (χ0n) is 46.3. The minimum Gasteiger partial charge on any atom is -0.462 e. The van der Waals surface area contributed by atoms with Crippen molar-refractivity contribution in [3.8, 4) is 0 Å². The van der Waals surface area contributed by atoms with Gasteiger partial charge in [0, 0.05) is 19.3 Å². The first-order valence-electron chi connectivity index (χ1n) is 29.9. The van der Waals surface area contributed by atoms with E-state index < -0.39 is 6.10 Å². The van der Waals surface area contributed by atoms with Crippen LogP contribution in [0, 0.1) is 0 Å². The normalized spacial score (nSPS) is 12.6. The van der Waals surface area contributed by atoms with E-state index in [1.54, 1.807) is 0 Å². The molecule has 1 atom stereocenters. The molecule has 0 aromatic rings. The fourth-order valence-electron chi connectivity index (χ4n) is 8.40. The fraction of sp³-hybridized carbons (Fsp3) is 0.766. The van der Waals surface area contributed by atoms with Crippen LogP contribution in [0.1, 0.15) is 297 Å². The zero-order valence-corrected chi connectivity index (χ0v) is 46.3. The molecule has 6 nitrogen and oxygen atoms in total. The van der Waals surface area contributed by atoms with Gasteiger partial charge < -0.3 is 14.2 Å². The van der Waals surface area contributed by atoms with Crippen molar-refractivity contribution in [1.29, 1.82) is 0 Å². The van der Waals surface area contributed by atoms with E-state index in [2.05, 4.69) is 93.7 Å². The third-order valence-electron chi connectivity index (χ3n) is 12.9. The molecule has 0 saturated carbocycles. The summed E-state index contributed by atoms with van der Waals surface area (Å²) in [7, 11) is 0. The lowest BCUT2D eigenvalue weighted by Crippen LogP contribution is -2.30. The van der Waals surface area contributed by atoms with Gasteiger partial charge in [-0.05, 0) is 96.3 Å². The summed E-state index contributed by atoms with van der Waals surface area (Å²) in [5.41, 5.74) is 0. The second-order valence-electron chi connectivity index (χ2n) is 19.9. The van der Waals surface area contributed by atoms with Crippen LogP contribution in [0.4, 0.5) is 0 Å². The van der Waals surface area contributed by atoms with Crippen LogP contribution in [-0.4, -0.2) is 37.2 Å². The molecule has 0 heterocycles. The molecule has 1 unspecified atom stereocenters. The largest absolute Gasteiger partial charge is 0.462 e. The Kier molecular flexibility index (Phi) is 55.8.